The van der Waals surface area contributed by atoms with E-state index in [0.29, 0.717) is 37.2 Å². The molecule has 0 aliphatic carbocycles. The summed E-state index contributed by atoms with van der Waals surface area (Å²) < 4.78 is 31.9. The van der Waals surface area contributed by atoms with E-state index in [1.165, 1.54) is 6.07 Å². The number of carbonyl (C=O) groups excluding carboxylic acids is 2. The number of benzene rings is 2. The highest BCUT2D eigenvalue weighted by Crippen LogP contribution is 2.26. The summed E-state index contributed by atoms with van der Waals surface area (Å²) in [4.78, 5) is 25.4. The number of nitrogens with zero attached hydrogens (tertiary/aromatic N) is 1. The maximum absolute atomic E-state index is 13.6. The van der Waals surface area contributed by atoms with Crippen LogP contribution in [-0.4, -0.2) is 29.8 Å². The Morgan fingerprint density at radius 3 is 2.27 bits per heavy atom. The minimum Gasteiger partial charge on any atom is -0.454 e. The molecule has 0 radical (unpaired) electrons. The van der Waals surface area contributed by atoms with Gasteiger partial charge in [-0.15, -0.1) is 0 Å². The Morgan fingerprint density at radius 1 is 1.04 bits per heavy atom. The molecule has 136 valence electrons. The van der Waals surface area contributed by atoms with Crippen LogP contribution >= 0.6 is 0 Å². The Labute approximate surface area is 149 Å². The zero-order valence-electron chi connectivity index (χ0n) is 14.0. The van der Waals surface area contributed by atoms with Crippen molar-refractivity contribution < 1.29 is 23.1 Å². The Bertz CT molecular complexity index is 816. The van der Waals surface area contributed by atoms with Crippen molar-refractivity contribution in [3.63, 3.8) is 0 Å². The predicted molar refractivity (Wildman–Crippen MR) is 90.7 cm³/mol. The lowest BCUT2D eigenvalue weighted by molar-refractivity contribution is -0.123. The molecule has 5 nitrogen and oxygen atoms in total. The monoisotopic (exact) mass is 360 g/mol. The van der Waals surface area contributed by atoms with Crippen LogP contribution in [0.2, 0.25) is 0 Å². The van der Waals surface area contributed by atoms with Gasteiger partial charge in [0.05, 0.1) is 0 Å². The van der Waals surface area contributed by atoms with E-state index >= 15 is 0 Å². The summed E-state index contributed by atoms with van der Waals surface area (Å²) in [5, 5.41) is 0. The van der Waals surface area contributed by atoms with Gasteiger partial charge < -0.3 is 15.4 Å². The maximum Gasteiger partial charge on any atom is 0.253 e. The first-order valence-corrected chi connectivity index (χ1v) is 8.25. The van der Waals surface area contributed by atoms with Gasteiger partial charge in [0.15, 0.2) is 11.6 Å². The van der Waals surface area contributed by atoms with E-state index in [0.717, 1.165) is 12.1 Å². The number of rotatable bonds is 4. The Balaban J connectivity index is 1.64. The molecule has 2 aromatic rings. The maximum atomic E-state index is 13.6. The Hall–Kier alpha value is -2.96. The molecule has 26 heavy (non-hydrogen) atoms. The molecule has 0 bridgehead atoms. The lowest BCUT2D eigenvalue weighted by atomic mass is 9.96. The van der Waals surface area contributed by atoms with E-state index < -0.39 is 11.6 Å². The van der Waals surface area contributed by atoms with Crippen LogP contribution in [0, 0.1) is 17.6 Å². The van der Waals surface area contributed by atoms with Crippen LogP contribution in [0.5, 0.6) is 11.5 Å². The van der Waals surface area contributed by atoms with Crippen LogP contribution in [0.25, 0.3) is 0 Å². The molecule has 1 saturated heterocycles. The summed E-state index contributed by atoms with van der Waals surface area (Å²) in [6, 6.07) is 9.30. The third-order valence-corrected chi connectivity index (χ3v) is 4.41. The van der Waals surface area contributed by atoms with E-state index in [4.69, 9.17) is 10.5 Å². The van der Waals surface area contributed by atoms with Gasteiger partial charge in [-0.2, -0.15) is 0 Å². The van der Waals surface area contributed by atoms with Crippen molar-refractivity contribution in [3.05, 3.63) is 59.7 Å². The second-order valence-electron chi connectivity index (χ2n) is 6.17. The van der Waals surface area contributed by atoms with Gasteiger partial charge in [-0.1, -0.05) is 0 Å². The zero-order chi connectivity index (χ0) is 18.7. The van der Waals surface area contributed by atoms with Gasteiger partial charge in [-0.25, -0.2) is 8.78 Å². The molecule has 7 heteroatoms. The normalized spacial score (nSPS) is 14.9. The second-order valence-corrected chi connectivity index (χ2v) is 6.17. The smallest absolute Gasteiger partial charge is 0.253 e. The Morgan fingerprint density at radius 2 is 1.69 bits per heavy atom. The molecule has 0 aromatic heterocycles. The molecule has 1 aliphatic heterocycles. The molecule has 1 aliphatic rings. The molecule has 0 spiro atoms. The molecular formula is C19H18F2N2O3. The molecule has 2 N–H and O–H groups in total. The van der Waals surface area contributed by atoms with Crippen LogP contribution in [0.3, 0.4) is 0 Å². The van der Waals surface area contributed by atoms with Crippen molar-refractivity contribution in [2.45, 2.75) is 12.8 Å². The molecule has 2 amide bonds. The van der Waals surface area contributed by atoms with Gasteiger partial charge in [-0.05, 0) is 49.2 Å². The average Bonchev–Trinajstić information content (AvgIpc) is 2.64. The number of hydrogen-bond acceptors (Lipinski definition) is 3. The predicted octanol–water partition coefficient (Wildman–Crippen LogP) is 3.09. The quantitative estimate of drug-likeness (QED) is 0.911. The first-order chi connectivity index (χ1) is 12.4. The number of piperidine rings is 1. The summed E-state index contributed by atoms with van der Waals surface area (Å²) in [7, 11) is 0. The Kier molecular flexibility index (Phi) is 5.16. The molecular weight excluding hydrogens is 342 g/mol. The first kappa shape index (κ1) is 17.8. The minimum absolute atomic E-state index is 0.0981. The van der Waals surface area contributed by atoms with Gasteiger partial charge in [0.2, 0.25) is 5.91 Å². The van der Waals surface area contributed by atoms with E-state index in [9.17, 15) is 18.4 Å². The topological polar surface area (TPSA) is 72.6 Å². The van der Waals surface area contributed by atoms with E-state index in [2.05, 4.69) is 0 Å². The average molecular weight is 360 g/mol. The molecule has 1 fully saturated rings. The highest BCUT2D eigenvalue weighted by atomic mass is 19.1. The number of likely N-dealkylation sites (tertiary alicyclic amines) is 1. The SMILES string of the molecule is NC(=O)C1CCN(C(=O)c2ccc(Oc3ccc(F)cc3F)cc2)CC1. The summed E-state index contributed by atoms with van der Waals surface area (Å²) >= 11 is 0. The van der Waals surface area contributed by atoms with Crippen molar-refractivity contribution >= 4 is 11.8 Å². The van der Waals surface area contributed by atoms with Gasteiger partial charge in [0.25, 0.3) is 5.91 Å². The summed E-state index contributed by atoms with van der Waals surface area (Å²) in [5.41, 5.74) is 5.76. The van der Waals surface area contributed by atoms with Crippen LogP contribution in [0.15, 0.2) is 42.5 Å². The van der Waals surface area contributed by atoms with Crippen LogP contribution < -0.4 is 10.5 Å². The highest BCUT2D eigenvalue weighted by Gasteiger charge is 2.26. The fraction of sp³-hybridized carbons (Fsp3) is 0.263. The second kappa shape index (κ2) is 7.51. The molecule has 2 aromatic carbocycles. The molecule has 1 heterocycles. The number of carbonyl (C=O) groups is 2. The first-order valence-electron chi connectivity index (χ1n) is 8.25. The van der Waals surface area contributed by atoms with E-state index in [1.807, 2.05) is 0 Å². The van der Waals surface area contributed by atoms with Crippen molar-refractivity contribution in [1.82, 2.24) is 4.90 Å². The highest BCUT2D eigenvalue weighted by molar-refractivity contribution is 5.94. The van der Waals surface area contributed by atoms with Crippen LogP contribution in [0.1, 0.15) is 23.2 Å². The van der Waals surface area contributed by atoms with Crippen LogP contribution in [-0.2, 0) is 4.79 Å². The number of nitrogens with two attached hydrogens (primary N) is 1. The summed E-state index contributed by atoms with van der Waals surface area (Å²) in [5.74, 6) is -1.91. The van der Waals surface area contributed by atoms with Gasteiger partial charge in [0, 0.05) is 30.6 Å². The lowest BCUT2D eigenvalue weighted by Gasteiger charge is -2.30. The summed E-state index contributed by atoms with van der Waals surface area (Å²) in [6.45, 7) is 0.955. The van der Waals surface area contributed by atoms with Crippen molar-refractivity contribution in [1.29, 1.82) is 0 Å². The van der Waals surface area contributed by atoms with Gasteiger partial charge in [0.1, 0.15) is 11.6 Å². The van der Waals surface area contributed by atoms with E-state index in [-0.39, 0.29) is 23.5 Å². The third-order valence-electron chi connectivity index (χ3n) is 4.41. The van der Waals surface area contributed by atoms with Gasteiger partial charge in [-0.3, -0.25) is 9.59 Å². The summed E-state index contributed by atoms with van der Waals surface area (Å²) in [6.07, 6.45) is 1.12. The van der Waals surface area contributed by atoms with Crippen LogP contribution in [0.4, 0.5) is 8.78 Å². The number of amides is 2. The molecule has 3 rings (SSSR count). The van der Waals surface area contributed by atoms with Gasteiger partial charge >= 0.3 is 0 Å². The number of hydrogen-bond donors (Lipinski definition) is 1. The number of halogens is 2. The lowest BCUT2D eigenvalue weighted by Crippen LogP contribution is -2.41. The van der Waals surface area contributed by atoms with Crippen molar-refractivity contribution in [3.8, 4) is 11.5 Å². The third kappa shape index (κ3) is 3.99. The fourth-order valence-electron chi connectivity index (χ4n) is 2.90. The van der Waals surface area contributed by atoms with E-state index in [1.54, 1.807) is 29.2 Å². The largest absolute Gasteiger partial charge is 0.454 e. The van der Waals surface area contributed by atoms with Crippen molar-refractivity contribution in [2.75, 3.05) is 13.1 Å². The zero-order valence-corrected chi connectivity index (χ0v) is 14.0. The fourth-order valence-corrected chi connectivity index (χ4v) is 2.90. The molecule has 0 unspecified atom stereocenters. The number of primary amides is 1. The molecule has 0 atom stereocenters. The van der Waals surface area contributed by atoms with Crippen molar-refractivity contribution in [2.24, 2.45) is 11.7 Å². The standard InChI is InChI=1S/C19H18F2N2O3/c20-14-3-6-17(16(21)11-14)26-15-4-1-13(2-5-15)19(25)23-9-7-12(8-10-23)18(22)24/h1-6,11-12H,7-10H2,(H2,22,24). The number of ether oxygens (including phenoxy) is 1. The molecule has 0 saturated carbocycles. The minimum atomic E-state index is -0.803.